The molecule has 3 rings (SSSR count). The van der Waals surface area contributed by atoms with Gasteiger partial charge in [-0.05, 0) is 30.5 Å². The Morgan fingerprint density at radius 1 is 0.909 bits per heavy atom. The summed E-state index contributed by atoms with van der Waals surface area (Å²) in [4.78, 5) is 0. The van der Waals surface area contributed by atoms with Crippen molar-refractivity contribution in [3.63, 3.8) is 0 Å². The summed E-state index contributed by atoms with van der Waals surface area (Å²) in [6.45, 7) is 4.97. The van der Waals surface area contributed by atoms with Gasteiger partial charge in [-0.3, -0.25) is 0 Å². The van der Waals surface area contributed by atoms with Gasteiger partial charge in [0.05, 0.1) is 6.54 Å². The van der Waals surface area contributed by atoms with Crippen LogP contribution in [-0.2, 0) is 12.3 Å². The zero-order valence-electron chi connectivity index (χ0n) is 12.9. The van der Waals surface area contributed by atoms with Crippen LogP contribution in [0, 0.1) is 13.8 Å². The van der Waals surface area contributed by atoms with Crippen LogP contribution in [0.1, 0.15) is 22.5 Å². The second kappa shape index (κ2) is 6.79. The van der Waals surface area contributed by atoms with Gasteiger partial charge in [0.2, 0.25) is 0 Å². The molecule has 0 aliphatic rings. The maximum atomic E-state index is 4.33. The average molecular weight is 309 g/mol. The summed E-state index contributed by atoms with van der Waals surface area (Å²) >= 11 is 1.74. The first-order valence-electron chi connectivity index (χ1n) is 7.35. The molecule has 0 radical (unpaired) electrons. The second-order valence-electron chi connectivity index (χ2n) is 5.32. The minimum atomic E-state index is 0.815. The van der Waals surface area contributed by atoms with Gasteiger partial charge in [0, 0.05) is 5.75 Å². The molecule has 3 nitrogen and oxygen atoms in total. The molecule has 112 valence electrons. The molecule has 3 aromatic rings. The molecule has 0 saturated carbocycles. The summed E-state index contributed by atoms with van der Waals surface area (Å²) in [5, 5.41) is 9.55. The smallest absolute Gasteiger partial charge is 0.191 e. The molecule has 0 aliphatic heterocycles. The minimum absolute atomic E-state index is 0.815. The van der Waals surface area contributed by atoms with Gasteiger partial charge in [0.1, 0.15) is 5.82 Å². The highest BCUT2D eigenvalue weighted by molar-refractivity contribution is 7.98. The van der Waals surface area contributed by atoms with Gasteiger partial charge < -0.3 is 4.57 Å². The third-order valence-electron chi connectivity index (χ3n) is 3.70. The van der Waals surface area contributed by atoms with E-state index in [4.69, 9.17) is 0 Å². The first kappa shape index (κ1) is 14.9. The van der Waals surface area contributed by atoms with E-state index < -0.39 is 0 Å². The summed E-state index contributed by atoms with van der Waals surface area (Å²) in [5.41, 5.74) is 3.93. The Morgan fingerprint density at radius 2 is 1.64 bits per heavy atom. The number of aromatic nitrogens is 3. The lowest BCUT2D eigenvalue weighted by Crippen LogP contribution is -2.04. The van der Waals surface area contributed by atoms with E-state index in [9.17, 15) is 0 Å². The van der Waals surface area contributed by atoms with Crippen LogP contribution in [0.25, 0.3) is 0 Å². The van der Waals surface area contributed by atoms with Crippen LogP contribution in [0.3, 0.4) is 0 Å². The van der Waals surface area contributed by atoms with Gasteiger partial charge in [0.15, 0.2) is 5.16 Å². The van der Waals surface area contributed by atoms with Crippen LogP contribution in [0.4, 0.5) is 0 Å². The molecule has 4 heteroatoms. The molecular formula is C18H19N3S. The SMILES string of the molecule is Cc1ccccc1CSc1nnc(C)n1Cc1ccccc1. The Kier molecular flexibility index (Phi) is 4.59. The second-order valence-corrected chi connectivity index (χ2v) is 6.26. The Hall–Kier alpha value is -2.07. The Bertz CT molecular complexity index is 750. The topological polar surface area (TPSA) is 30.7 Å². The lowest BCUT2D eigenvalue weighted by atomic mass is 10.1. The Labute approximate surface area is 135 Å². The fourth-order valence-electron chi connectivity index (χ4n) is 2.33. The van der Waals surface area contributed by atoms with E-state index in [2.05, 4.69) is 70.2 Å². The molecule has 1 heterocycles. The summed E-state index contributed by atoms with van der Waals surface area (Å²) in [6.07, 6.45) is 0. The van der Waals surface area contributed by atoms with Crippen LogP contribution in [-0.4, -0.2) is 14.8 Å². The monoisotopic (exact) mass is 309 g/mol. The van der Waals surface area contributed by atoms with Crippen molar-refractivity contribution in [3.8, 4) is 0 Å². The van der Waals surface area contributed by atoms with Gasteiger partial charge >= 0.3 is 0 Å². The molecule has 0 saturated heterocycles. The van der Waals surface area contributed by atoms with Crippen molar-refractivity contribution in [2.45, 2.75) is 31.3 Å². The number of hydrogen-bond acceptors (Lipinski definition) is 3. The quantitative estimate of drug-likeness (QED) is 0.661. The van der Waals surface area contributed by atoms with Gasteiger partial charge in [-0.15, -0.1) is 10.2 Å². The number of hydrogen-bond donors (Lipinski definition) is 0. The van der Waals surface area contributed by atoms with Gasteiger partial charge in [0.25, 0.3) is 0 Å². The summed E-state index contributed by atoms with van der Waals surface area (Å²) < 4.78 is 2.18. The molecular weight excluding hydrogens is 290 g/mol. The first-order valence-corrected chi connectivity index (χ1v) is 8.33. The van der Waals surface area contributed by atoms with Crippen molar-refractivity contribution in [3.05, 3.63) is 77.1 Å². The number of rotatable bonds is 5. The van der Waals surface area contributed by atoms with Gasteiger partial charge in [-0.25, -0.2) is 0 Å². The van der Waals surface area contributed by atoms with Crippen molar-refractivity contribution in [2.24, 2.45) is 0 Å². The molecule has 0 N–H and O–H groups in total. The molecule has 0 fully saturated rings. The normalized spacial score (nSPS) is 10.8. The molecule has 0 bridgehead atoms. The fraction of sp³-hybridized carbons (Fsp3) is 0.222. The molecule has 0 unspecified atom stereocenters. The predicted octanol–water partition coefficient (Wildman–Crippen LogP) is 4.24. The van der Waals surface area contributed by atoms with E-state index in [1.807, 2.05) is 13.0 Å². The van der Waals surface area contributed by atoms with Gasteiger partial charge in [-0.1, -0.05) is 66.4 Å². The van der Waals surface area contributed by atoms with Crippen LogP contribution in [0.2, 0.25) is 0 Å². The molecule has 1 aromatic heterocycles. The van der Waals surface area contributed by atoms with E-state index in [0.717, 1.165) is 23.3 Å². The maximum Gasteiger partial charge on any atom is 0.191 e. The first-order chi connectivity index (χ1) is 10.7. The van der Waals surface area contributed by atoms with E-state index in [-0.39, 0.29) is 0 Å². The minimum Gasteiger partial charge on any atom is -0.302 e. The van der Waals surface area contributed by atoms with E-state index in [1.54, 1.807) is 11.8 Å². The number of aryl methyl sites for hydroxylation is 2. The molecule has 22 heavy (non-hydrogen) atoms. The van der Waals surface area contributed by atoms with Crippen molar-refractivity contribution >= 4 is 11.8 Å². The lowest BCUT2D eigenvalue weighted by Gasteiger charge is -2.09. The third-order valence-corrected chi connectivity index (χ3v) is 4.72. The van der Waals surface area contributed by atoms with Crippen LogP contribution < -0.4 is 0 Å². The lowest BCUT2D eigenvalue weighted by molar-refractivity contribution is 0.688. The van der Waals surface area contributed by atoms with E-state index >= 15 is 0 Å². The molecule has 0 atom stereocenters. The largest absolute Gasteiger partial charge is 0.302 e. The zero-order chi connectivity index (χ0) is 15.4. The molecule has 2 aromatic carbocycles. The molecule has 0 spiro atoms. The highest BCUT2D eigenvalue weighted by Gasteiger charge is 2.10. The highest BCUT2D eigenvalue weighted by Crippen LogP contribution is 2.24. The third kappa shape index (κ3) is 3.39. The summed E-state index contributed by atoms with van der Waals surface area (Å²) in [6, 6.07) is 18.9. The van der Waals surface area contributed by atoms with Crippen molar-refractivity contribution in [1.29, 1.82) is 0 Å². The Balaban J connectivity index is 1.76. The Morgan fingerprint density at radius 3 is 2.41 bits per heavy atom. The average Bonchev–Trinajstić information content (AvgIpc) is 2.88. The number of thioether (sulfide) groups is 1. The summed E-state index contributed by atoms with van der Waals surface area (Å²) in [5.74, 6) is 1.87. The van der Waals surface area contributed by atoms with E-state index in [1.165, 1.54) is 16.7 Å². The van der Waals surface area contributed by atoms with E-state index in [0.29, 0.717) is 0 Å². The highest BCUT2D eigenvalue weighted by atomic mass is 32.2. The van der Waals surface area contributed by atoms with Crippen molar-refractivity contribution in [2.75, 3.05) is 0 Å². The number of nitrogens with zero attached hydrogens (tertiary/aromatic N) is 3. The molecule has 0 amide bonds. The predicted molar refractivity (Wildman–Crippen MR) is 91.0 cm³/mol. The van der Waals surface area contributed by atoms with Crippen molar-refractivity contribution in [1.82, 2.24) is 14.8 Å². The maximum absolute atomic E-state index is 4.33. The zero-order valence-corrected chi connectivity index (χ0v) is 13.7. The number of benzene rings is 2. The summed E-state index contributed by atoms with van der Waals surface area (Å²) in [7, 11) is 0. The van der Waals surface area contributed by atoms with Crippen LogP contribution in [0.5, 0.6) is 0 Å². The standard InChI is InChI=1S/C18H19N3S/c1-14-8-6-7-11-17(14)13-22-18-20-19-15(2)21(18)12-16-9-4-3-5-10-16/h3-11H,12-13H2,1-2H3. The van der Waals surface area contributed by atoms with Crippen molar-refractivity contribution < 1.29 is 0 Å². The van der Waals surface area contributed by atoms with Gasteiger partial charge in [-0.2, -0.15) is 0 Å². The van der Waals surface area contributed by atoms with Crippen LogP contribution in [0.15, 0.2) is 59.8 Å². The van der Waals surface area contributed by atoms with Crippen LogP contribution >= 0.6 is 11.8 Å². The molecule has 0 aliphatic carbocycles. The fourth-order valence-corrected chi connectivity index (χ4v) is 3.39.